The van der Waals surface area contributed by atoms with Crippen molar-refractivity contribution in [3.63, 3.8) is 0 Å². The van der Waals surface area contributed by atoms with E-state index in [0.29, 0.717) is 0 Å². The van der Waals surface area contributed by atoms with Crippen LogP contribution >= 0.6 is 0 Å². The lowest BCUT2D eigenvalue weighted by molar-refractivity contribution is 0.278. The van der Waals surface area contributed by atoms with Gasteiger partial charge in [-0.15, -0.1) is 0 Å². The largest absolute Gasteiger partial charge is 0.328 e. The number of benzene rings is 1. The maximum atomic E-state index is 11.9. The Bertz CT molecular complexity index is 664. The molecule has 1 aromatic carbocycles. The number of rotatable bonds is 3. The number of hydrogen-bond acceptors (Lipinski definition) is 2. The molecule has 1 aromatic heterocycles. The average molecular weight is 261 g/mol. The van der Waals surface area contributed by atoms with Crippen LogP contribution in [0.5, 0.6) is 0 Å². The van der Waals surface area contributed by atoms with E-state index in [4.69, 9.17) is 5.73 Å². The van der Waals surface area contributed by atoms with Crippen LogP contribution in [0.3, 0.4) is 0 Å². The van der Waals surface area contributed by atoms with E-state index in [1.807, 2.05) is 18.2 Å². The molecular weight excluding hydrogens is 238 g/mol. The minimum atomic E-state index is -0.0304. The Morgan fingerprint density at radius 2 is 1.79 bits per heavy atom. The van der Waals surface area contributed by atoms with Gasteiger partial charge in [-0.1, -0.05) is 26.8 Å². The number of fused-ring (bicyclic) bond motifs is 1. The van der Waals surface area contributed by atoms with Gasteiger partial charge in [-0.3, -0.25) is 9.13 Å². The molecule has 4 nitrogen and oxygen atoms in total. The molecule has 0 aliphatic rings. The Kier molecular flexibility index (Phi) is 3.31. The number of imidazole rings is 1. The molecule has 0 spiro atoms. The van der Waals surface area contributed by atoms with Gasteiger partial charge in [0.05, 0.1) is 11.0 Å². The van der Waals surface area contributed by atoms with Crippen molar-refractivity contribution in [2.45, 2.75) is 33.2 Å². The first-order chi connectivity index (χ1) is 8.79. The summed E-state index contributed by atoms with van der Waals surface area (Å²) < 4.78 is 3.33. The molecule has 19 heavy (non-hydrogen) atoms. The molecule has 0 aliphatic heterocycles. The predicted molar refractivity (Wildman–Crippen MR) is 79.2 cm³/mol. The van der Waals surface area contributed by atoms with Crippen LogP contribution in [0, 0.1) is 5.41 Å². The first kappa shape index (κ1) is 13.9. The molecule has 2 aromatic rings. The average Bonchev–Trinajstić information content (AvgIpc) is 2.62. The fourth-order valence-electron chi connectivity index (χ4n) is 2.39. The Labute approximate surface area is 113 Å². The minimum Gasteiger partial charge on any atom is -0.324 e. The van der Waals surface area contributed by atoms with Crippen molar-refractivity contribution >= 4 is 11.0 Å². The third-order valence-corrected chi connectivity index (χ3v) is 4.41. The monoisotopic (exact) mass is 261 g/mol. The van der Waals surface area contributed by atoms with Gasteiger partial charge in [-0.2, -0.15) is 0 Å². The van der Waals surface area contributed by atoms with Gasteiger partial charge >= 0.3 is 5.69 Å². The molecule has 0 fully saturated rings. The van der Waals surface area contributed by atoms with E-state index in [1.165, 1.54) is 0 Å². The summed E-state index contributed by atoms with van der Waals surface area (Å²) in [5.41, 5.74) is 9.38. The molecule has 2 rings (SSSR count). The van der Waals surface area contributed by atoms with Gasteiger partial charge in [0, 0.05) is 20.1 Å². The van der Waals surface area contributed by atoms with Crippen molar-refractivity contribution in [1.29, 1.82) is 0 Å². The van der Waals surface area contributed by atoms with E-state index in [2.05, 4.69) is 20.8 Å². The van der Waals surface area contributed by atoms with E-state index >= 15 is 0 Å². The first-order valence-corrected chi connectivity index (χ1v) is 6.70. The predicted octanol–water partition coefficient (Wildman–Crippen LogP) is 2.31. The zero-order valence-corrected chi connectivity index (χ0v) is 12.4. The Balaban J connectivity index is 2.60. The van der Waals surface area contributed by atoms with Crippen LogP contribution in [0.25, 0.3) is 11.0 Å². The second-order valence-corrected chi connectivity index (χ2v) is 5.97. The fraction of sp³-hybridized carbons (Fsp3) is 0.533. The number of nitrogens with zero attached hydrogens (tertiary/aromatic N) is 2. The number of aromatic nitrogens is 2. The van der Waals surface area contributed by atoms with Crippen LogP contribution in [-0.2, 0) is 14.1 Å². The highest BCUT2D eigenvalue weighted by atomic mass is 16.1. The summed E-state index contributed by atoms with van der Waals surface area (Å²) in [7, 11) is 3.59. The summed E-state index contributed by atoms with van der Waals surface area (Å²) in [6.07, 6.45) is 1.01. The highest BCUT2D eigenvalue weighted by molar-refractivity contribution is 5.77. The molecule has 0 saturated carbocycles. The maximum absolute atomic E-state index is 11.9. The van der Waals surface area contributed by atoms with Gasteiger partial charge in [0.1, 0.15) is 0 Å². The lowest BCUT2D eigenvalue weighted by Crippen LogP contribution is -2.28. The summed E-state index contributed by atoms with van der Waals surface area (Å²) in [6, 6.07) is 6.03. The van der Waals surface area contributed by atoms with E-state index in [1.54, 1.807) is 23.2 Å². The molecule has 0 bridgehead atoms. The molecule has 104 valence electrons. The van der Waals surface area contributed by atoms with Gasteiger partial charge in [0.2, 0.25) is 0 Å². The Hall–Kier alpha value is -1.55. The third kappa shape index (κ3) is 2.10. The minimum absolute atomic E-state index is 0.00419. The standard InChI is InChI=1S/C15H23N3O/c1-6-15(2,3)13(16)10-7-8-11-12(9-10)18(5)14(19)17(11)4/h7-9,13H,6,16H2,1-5H3. The first-order valence-electron chi connectivity index (χ1n) is 6.70. The number of nitrogens with two attached hydrogens (primary N) is 1. The summed E-state index contributed by atoms with van der Waals surface area (Å²) >= 11 is 0. The lowest BCUT2D eigenvalue weighted by atomic mass is 9.79. The van der Waals surface area contributed by atoms with Crippen molar-refractivity contribution in [3.8, 4) is 0 Å². The highest BCUT2D eigenvalue weighted by Gasteiger charge is 2.26. The van der Waals surface area contributed by atoms with Crippen molar-refractivity contribution in [1.82, 2.24) is 9.13 Å². The molecule has 0 radical (unpaired) electrons. The van der Waals surface area contributed by atoms with Crippen LogP contribution in [0.1, 0.15) is 38.8 Å². The van der Waals surface area contributed by atoms with Crippen molar-refractivity contribution in [2.75, 3.05) is 0 Å². The van der Waals surface area contributed by atoms with Gasteiger partial charge in [-0.05, 0) is 29.5 Å². The van der Waals surface area contributed by atoms with Crippen LogP contribution in [-0.4, -0.2) is 9.13 Å². The smallest absolute Gasteiger partial charge is 0.324 e. The van der Waals surface area contributed by atoms with Gasteiger partial charge in [0.15, 0.2) is 0 Å². The van der Waals surface area contributed by atoms with E-state index in [-0.39, 0.29) is 17.1 Å². The van der Waals surface area contributed by atoms with E-state index < -0.39 is 0 Å². The zero-order valence-electron chi connectivity index (χ0n) is 12.4. The maximum Gasteiger partial charge on any atom is 0.328 e. The van der Waals surface area contributed by atoms with Crippen molar-refractivity contribution < 1.29 is 0 Å². The second-order valence-electron chi connectivity index (χ2n) is 5.97. The molecule has 1 heterocycles. The third-order valence-electron chi connectivity index (χ3n) is 4.41. The molecule has 4 heteroatoms. The zero-order chi connectivity index (χ0) is 14.4. The van der Waals surface area contributed by atoms with Crippen molar-refractivity contribution in [3.05, 3.63) is 34.2 Å². The van der Waals surface area contributed by atoms with Gasteiger partial charge < -0.3 is 5.73 Å². The lowest BCUT2D eigenvalue weighted by Gasteiger charge is -2.30. The molecule has 1 unspecified atom stereocenters. The molecular formula is C15H23N3O. The summed E-state index contributed by atoms with van der Waals surface area (Å²) in [6.45, 7) is 6.49. The van der Waals surface area contributed by atoms with Crippen LogP contribution in [0.4, 0.5) is 0 Å². The quantitative estimate of drug-likeness (QED) is 0.921. The molecule has 2 N–H and O–H groups in total. The Morgan fingerprint density at radius 3 is 2.37 bits per heavy atom. The summed E-state index contributed by atoms with van der Waals surface area (Å²) in [5, 5.41) is 0. The molecule has 0 aliphatic carbocycles. The second kappa shape index (κ2) is 4.53. The fourth-order valence-corrected chi connectivity index (χ4v) is 2.39. The van der Waals surface area contributed by atoms with Gasteiger partial charge in [-0.25, -0.2) is 4.79 Å². The van der Waals surface area contributed by atoms with E-state index in [9.17, 15) is 4.79 Å². The van der Waals surface area contributed by atoms with Gasteiger partial charge in [0.25, 0.3) is 0 Å². The van der Waals surface area contributed by atoms with Crippen molar-refractivity contribution in [2.24, 2.45) is 25.2 Å². The summed E-state index contributed by atoms with van der Waals surface area (Å²) in [5.74, 6) is 0. The normalized spacial score (nSPS) is 14.0. The van der Waals surface area contributed by atoms with E-state index in [0.717, 1.165) is 23.0 Å². The van der Waals surface area contributed by atoms with Crippen LogP contribution < -0.4 is 11.4 Å². The number of aryl methyl sites for hydroxylation is 2. The molecule has 0 saturated heterocycles. The highest BCUT2D eigenvalue weighted by Crippen LogP contribution is 2.35. The summed E-state index contributed by atoms with van der Waals surface area (Å²) in [4.78, 5) is 11.9. The molecule has 1 atom stereocenters. The molecule has 0 amide bonds. The SMILES string of the molecule is CCC(C)(C)C(N)c1ccc2c(c1)n(C)c(=O)n2C. The topological polar surface area (TPSA) is 52.9 Å². The Morgan fingerprint density at radius 1 is 1.21 bits per heavy atom. The van der Waals surface area contributed by atoms with Crippen LogP contribution in [0.2, 0.25) is 0 Å². The number of hydrogen-bond donors (Lipinski definition) is 1. The van der Waals surface area contributed by atoms with Crippen LogP contribution in [0.15, 0.2) is 23.0 Å².